The van der Waals surface area contributed by atoms with E-state index < -0.39 is 0 Å². The van der Waals surface area contributed by atoms with Crippen molar-refractivity contribution in [2.24, 2.45) is 4.99 Å². The summed E-state index contributed by atoms with van der Waals surface area (Å²) in [5, 5.41) is 7.51. The second kappa shape index (κ2) is 8.74. The SMILES string of the molecule is Cc1ccc(Oc2ccc(Nc3ncnc4ccc(NC5=N[C@H](C)CO5)cc34)cc2C)cn1. The predicted octanol–water partition coefficient (Wildman–Crippen LogP) is 5.36. The molecule has 4 aromatic rings. The molecule has 1 aliphatic rings. The minimum atomic E-state index is 0.158. The van der Waals surface area contributed by atoms with E-state index in [1.54, 1.807) is 12.5 Å². The number of benzene rings is 2. The first-order valence-electron chi connectivity index (χ1n) is 10.7. The molecule has 2 aromatic heterocycles. The molecule has 166 valence electrons. The van der Waals surface area contributed by atoms with Gasteiger partial charge in [-0.2, -0.15) is 0 Å². The molecule has 0 saturated carbocycles. The molecule has 2 aromatic carbocycles. The second-order valence-corrected chi connectivity index (χ2v) is 8.02. The van der Waals surface area contributed by atoms with Gasteiger partial charge in [-0.25, -0.2) is 15.0 Å². The molecule has 8 heteroatoms. The Hall–Kier alpha value is -4.20. The average Bonchev–Trinajstić information content (AvgIpc) is 3.22. The van der Waals surface area contributed by atoms with E-state index in [1.165, 1.54) is 0 Å². The molecule has 0 fully saturated rings. The van der Waals surface area contributed by atoms with E-state index in [4.69, 9.17) is 9.47 Å². The van der Waals surface area contributed by atoms with Gasteiger partial charge in [0.2, 0.25) is 0 Å². The van der Waals surface area contributed by atoms with Crippen LogP contribution in [-0.4, -0.2) is 33.6 Å². The van der Waals surface area contributed by atoms with Crippen LogP contribution in [0.25, 0.3) is 10.9 Å². The fraction of sp³-hybridized carbons (Fsp3) is 0.200. The number of fused-ring (bicyclic) bond motifs is 1. The largest absolute Gasteiger partial charge is 0.463 e. The maximum absolute atomic E-state index is 5.98. The third-order valence-electron chi connectivity index (χ3n) is 5.24. The van der Waals surface area contributed by atoms with E-state index in [0.29, 0.717) is 24.2 Å². The van der Waals surface area contributed by atoms with Crippen LogP contribution in [0.15, 0.2) is 66.0 Å². The molecule has 8 nitrogen and oxygen atoms in total. The van der Waals surface area contributed by atoms with Gasteiger partial charge in [0.1, 0.15) is 30.3 Å². The van der Waals surface area contributed by atoms with E-state index in [1.807, 2.05) is 69.3 Å². The van der Waals surface area contributed by atoms with Gasteiger partial charge in [-0.3, -0.25) is 4.98 Å². The Kier molecular flexibility index (Phi) is 5.48. The third kappa shape index (κ3) is 4.69. The number of amidine groups is 1. The summed E-state index contributed by atoms with van der Waals surface area (Å²) < 4.78 is 11.5. The summed E-state index contributed by atoms with van der Waals surface area (Å²) in [6.07, 6.45) is 3.28. The highest BCUT2D eigenvalue weighted by molar-refractivity contribution is 5.97. The van der Waals surface area contributed by atoms with Gasteiger partial charge in [0.25, 0.3) is 6.02 Å². The van der Waals surface area contributed by atoms with Gasteiger partial charge in [0, 0.05) is 22.5 Å². The standard InChI is InChI=1S/C25H24N6O2/c1-15-10-18(6-9-23(15)33-20-7-4-16(2)26-12-20)30-24-21-11-19(5-8-22(21)27-14-28-24)31-25-29-17(3)13-32-25/h4-12,14,17H,13H2,1-3H3,(H,29,31)(H,27,28,30)/t17-/m1/s1. The van der Waals surface area contributed by atoms with Crippen LogP contribution in [0.3, 0.4) is 0 Å². The molecule has 33 heavy (non-hydrogen) atoms. The van der Waals surface area contributed by atoms with Crippen molar-refractivity contribution in [3.05, 3.63) is 72.3 Å². The highest BCUT2D eigenvalue weighted by Gasteiger charge is 2.15. The van der Waals surface area contributed by atoms with E-state index in [0.717, 1.165) is 39.3 Å². The number of hydrogen-bond acceptors (Lipinski definition) is 8. The molecule has 0 unspecified atom stereocenters. The Labute approximate surface area is 191 Å². The number of aryl methyl sites for hydroxylation is 2. The molecule has 1 atom stereocenters. The van der Waals surface area contributed by atoms with Gasteiger partial charge in [-0.15, -0.1) is 0 Å². The van der Waals surface area contributed by atoms with Gasteiger partial charge in [0.15, 0.2) is 0 Å². The first-order valence-corrected chi connectivity index (χ1v) is 10.7. The van der Waals surface area contributed by atoms with Crippen LogP contribution in [0.1, 0.15) is 18.2 Å². The zero-order valence-corrected chi connectivity index (χ0v) is 18.7. The maximum atomic E-state index is 5.98. The third-order valence-corrected chi connectivity index (χ3v) is 5.24. The second-order valence-electron chi connectivity index (χ2n) is 8.02. The van der Waals surface area contributed by atoms with Crippen LogP contribution < -0.4 is 15.4 Å². The van der Waals surface area contributed by atoms with Crippen molar-refractivity contribution in [1.82, 2.24) is 15.0 Å². The lowest BCUT2D eigenvalue weighted by Gasteiger charge is -2.13. The van der Waals surface area contributed by atoms with Crippen molar-refractivity contribution in [3.8, 4) is 11.5 Å². The minimum Gasteiger partial charge on any atom is -0.463 e. The molecular weight excluding hydrogens is 416 g/mol. The van der Waals surface area contributed by atoms with Crippen molar-refractivity contribution in [3.63, 3.8) is 0 Å². The molecular formula is C25H24N6O2. The first kappa shape index (κ1) is 20.7. The minimum absolute atomic E-state index is 0.158. The highest BCUT2D eigenvalue weighted by Crippen LogP contribution is 2.30. The summed E-state index contributed by atoms with van der Waals surface area (Å²) in [7, 11) is 0. The topological polar surface area (TPSA) is 93.6 Å². The quantitative estimate of drug-likeness (QED) is 0.431. The van der Waals surface area contributed by atoms with Crippen LogP contribution in [0.5, 0.6) is 11.5 Å². The van der Waals surface area contributed by atoms with Gasteiger partial charge in [-0.05, 0) is 74.9 Å². The molecule has 0 radical (unpaired) electrons. The molecule has 0 saturated heterocycles. The fourth-order valence-corrected chi connectivity index (χ4v) is 3.52. The van der Waals surface area contributed by atoms with Crippen LogP contribution in [0, 0.1) is 13.8 Å². The Morgan fingerprint density at radius 2 is 1.79 bits per heavy atom. The predicted molar refractivity (Wildman–Crippen MR) is 130 cm³/mol. The molecule has 5 rings (SSSR count). The van der Waals surface area contributed by atoms with Crippen LogP contribution in [0.4, 0.5) is 17.2 Å². The summed E-state index contributed by atoms with van der Waals surface area (Å²) in [5.41, 5.74) is 4.54. The molecule has 0 spiro atoms. The average molecular weight is 441 g/mol. The summed E-state index contributed by atoms with van der Waals surface area (Å²) >= 11 is 0. The number of anilines is 3. The van der Waals surface area contributed by atoms with E-state index in [2.05, 4.69) is 30.6 Å². The lowest BCUT2D eigenvalue weighted by atomic mass is 10.1. The van der Waals surface area contributed by atoms with Crippen molar-refractivity contribution >= 4 is 34.1 Å². The molecule has 2 N–H and O–H groups in total. The summed E-state index contributed by atoms with van der Waals surface area (Å²) in [6, 6.07) is 16.3. The zero-order valence-electron chi connectivity index (χ0n) is 18.7. The molecule has 3 heterocycles. The monoisotopic (exact) mass is 440 g/mol. The molecule has 0 amide bonds. The number of rotatable bonds is 5. The molecule has 1 aliphatic heterocycles. The van der Waals surface area contributed by atoms with Crippen LogP contribution in [-0.2, 0) is 4.74 Å². The number of aromatic nitrogens is 3. The van der Waals surface area contributed by atoms with Gasteiger partial charge < -0.3 is 20.1 Å². The normalized spacial score (nSPS) is 15.1. The molecule has 0 aliphatic carbocycles. The van der Waals surface area contributed by atoms with Crippen LogP contribution in [0.2, 0.25) is 0 Å². The van der Waals surface area contributed by atoms with Crippen LogP contribution >= 0.6 is 0 Å². The Morgan fingerprint density at radius 1 is 0.939 bits per heavy atom. The number of hydrogen-bond donors (Lipinski definition) is 2. The number of nitrogens with zero attached hydrogens (tertiary/aromatic N) is 4. The fourth-order valence-electron chi connectivity index (χ4n) is 3.52. The number of pyridine rings is 1. The van der Waals surface area contributed by atoms with E-state index >= 15 is 0 Å². The van der Waals surface area contributed by atoms with Crippen molar-refractivity contribution in [1.29, 1.82) is 0 Å². The first-order chi connectivity index (χ1) is 16.0. The van der Waals surface area contributed by atoms with Gasteiger partial charge >= 0.3 is 0 Å². The Bertz CT molecular complexity index is 1340. The number of ether oxygens (including phenoxy) is 2. The number of aliphatic imine (C=N–C) groups is 1. The van der Waals surface area contributed by atoms with E-state index in [9.17, 15) is 0 Å². The maximum Gasteiger partial charge on any atom is 0.289 e. The van der Waals surface area contributed by atoms with Crippen molar-refractivity contribution in [2.75, 3.05) is 17.2 Å². The molecule has 0 bridgehead atoms. The highest BCUT2D eigenvalue weighted by atomic mass is 16.5. The lowest BCUT2D eigenvalue weighted by molar-refractivity contribution is 0.322. The van der Waals surface area contributed by atoms with Gasteiger partial charge in [0.05, 0.1) is 17.8 Å². The smallest absolute Gasteiger partial charge is 0.289 e. The summed E-state index contributed by atoms with van der Waals surface area (Å²) in [5.74, 6) is 2.19. The van der Waals surface area contributed by atoms with Crippen molar-refractivity contribution in [2.45, 2.75) is 26.8 Å². The Balaban J connectivity index is 1.38. The van der Waals surface area contributed by atoms with E-state index in [-0.39, 0.29) is 6.04 Å². The zero-order chi connectivity index (χ0) is 22.8. The number of nitrogens with one attached hydrogen (secondary N) is 2. The summed E-state index contributed by atoms with van der Waals surface area (Å²) in [4.78, 5) is 17.6. The van der Waals surface area contributed by atoms with Crippen molar-refractivity contribution < 1.29 is 9.47 Å². The Morgan fingerprint density at radius 3 is 2.55 bits per heavy atom. The lowest BCUT2D eigenvalue weighted by Crippen LogP contribution is -2.11. The van der Waals surface area contributed by atoms with Gasteiger partial charge in [-0.1, -0.05) is 0 Å². The summed E-state index contributed by atoms with van der Waals surface area (Å²) in [6.45, 7) is 6.56.